The second kappa shape index (κ2) is 10.3. The van der Waals surface area contributed by atoms with Crippen LogP contribution in [-0.2, 0) is 11.3 Å². The van der Waals surface area contributed by atoms with Gasteiger partial charge >= 0.3 is 6.36 Å². The van der Waals surface area contributed by atoms with Crippen molar-refractivity contribution < 1.29 is 27.2 Å². The number of aromatic nitrogens is 3. The van der Waals surface area contributed by atoms with Crippen LogP contribution in [-0.4, -0.2) is 33.6 Å². The maximum absolute atomic E-state index is 13.1. The van der Waals surface area contributed by atoms with E-state index in [1.165, 1.54) is 12.1 Å². The van der Waals surface area contributed by atoms with Crippen molar-refractivity contribution in [1.82, 2.24) is 15.1 Å². The van der Waals surface area contributed by atoms with Crippen LogP contribution in [0, 0.1) is 18.8 Å². The molecule has 41 heavy (non-hydrogen) atoms. The quantitative estimate of drug-likeness (QED) is 0.237. The summed E-state index contributed by atoms with van der Waals surface area (Å²) in [7, 11) is 0. The smallest absolute Gasteiger partial charge is 0.405 e. The number of hydrogen-bond donors (Lipinski definition) is 1. The lowest BCUT2D eigenvalue weighted by atomic mass is 9.82. The van der Waals surface area contributed by atoms with Crippen LogP contribution >= 0.6 is 0 Å². The lowest BCUT2D eigenvalue weighted by molar-refractivity contribution is -0.274. The summed E-state index contributed by atoms with van der Waals surface area (Å²) in [5.41, 5.74) is 4.24. The van der Waals surface area contributed by atoms with E-state index in [1.807, 2.05) is 31.3 Å². The van der Waals surface area contributed by atoms with Gasteiger partial charge in [-0.25, -0.2) is 4.98 Å². The zero-order valence-corrected chi connectivity index (χ0v) is 22.7. The number of anilines is 1. The molecule has 3 aliphatic carbocycles. The topological polar surface area (TPSA) is 82.3 Å². The van der Waals surface area contributed by atoms with E-state index >= 15 is 0 Å². The van der Waals surface area contributed by atoms with Crippen molar-refractivity contribution in [3.05, 3.63) is 65.5 Å². The highest BCUT2D eigenvalue weighted by Gasteiger charge is 2.44. The van der Waals surface area contributed by atoms with Crippen molar-refractivity contribution >= 4 is 16.9 Å². The van der Waals surface area contributed by atoms with Gasteiger partial charge in [-0.1, -0.05) is 29.4 Å². The van der Waals surface area contributed by atoms with Crippen LogP contribution in [0.1, 0.15) is 61.3 Å². The minimum atomic E-state index is -4.81. The maximum Gasteiger partial charge on any atom is 0.573 e. The maximum atomic E-state index is 13.1. The Morgan fingerprint density at radius 2 is 1.78 bits per heavy atom. The molecule has 0 spiro atoms. The predicted octanol–water partition coefficient (Wildman–Crippen LogP) is 7.56. The molecular formula is C31H31F3N4O3. The van der Waals surface area contributed by atoms with Gasteiger partial charge in [-0.3, -0.25) is 4.98 Å². The summed E-state index contributed by atoms with van der Waals surface area (Å²) < 4.78 is 55.8. The first kappa shape index (κ1) is 26.3. The van der Waals surface area contributed by atoms with E-state index < -0.39 is 6.36 Å². The van der Waals surface area contributed by atoms with E-state index in [1.54, 1.807) is 12.1 Å². The molecule has 1 N–H and O–H groups in total. The van der Waals surface area contributed by atoms with E-state index in [9.17, 15) is 13.2 Å². The van der Waals surface area contributed by atoms with E-state index in [4.69, 9.17) is 14.2 Å². The van der Waals surface area contributed by atoms with Gasteiger partial charge in [0, 0.05) is 23.1 Å². The van der Waals surface area contributed by atoms with Crippen molar-refractivity contribution in [3.63, 3.8) is 0 Å². The van der Waals surface area contributed by atoms with Gasteiger partial charge in [-0.2, -0.15) is 0 Å². The first-order valence-electron chi connectivity index (χ1n) is 14.3. The number of nitrogens with one attached hydrogen (secondary N) is 1. The fourth-order valence-corrected chi connectivity index (χ4v) is 6.67. The van der Waals surface area contributed by atoms with Crippen molar-refractivity contribution in [3.8, 4) is 17.0 Å². The van der Waals surface area contributed by atoms with Gasteiger partial charge in [0.1, 0.15) is 23.0 Å². The molecule has 0 amide bonds. The molecule has 2 heterocycles. The zero-order valence-electron chi connectivity index (χ0n) is 22.7. The predicted molar refractivity (Wildman–Crippen MR) is 146 cm³/mol. The third-order valence-electron chi connectivity index (χ3n) is 8.74. The minimum absolute atomic E-state index is 0.0481. The summed E-state index contributed by atoms with van der Waals surface area (Å²) >= 11 is 0. The van der Waals surface area contributed by atoms with E-state index in [2.05, 4.69) is 20.2 Å². The van der Waals surface area contributed by atoms with Crippen LogP contribution < -0.4 is 10.1 Å². The summed E-state index contributed by atoms with van der Waals surface area (Å²) in [5, 5.41) is 7.89. The molecular weight excluding hydrogens is 533 g/mol. The van der Waals surface area contributed by atoms with E-state index in [0.717, 1.165) is 66.5 Å². The van der Waals surface area contributed by atoms with Gasteiger partial charge in [0.15, 0.2) is 0 Å². The number of rotatable bonds is 8. The fourth-order valence-electron chi connectivity index (χ4n) is 6.67. The Kier molecular flexibility index (Phi) is 6.60. The van der Waals surface area contributed by atoms with Gasteiger partial charge in [-0.15, -0.1) is 13.2 Å². The molecule has 2 aromatic heterocycles. The second-order valence-electron chi connectivity index (χ2n) is 11.6. The number of alkyl halides is 3. The van der Waals surface area contributed by atoms with Crippen molar-refractivity contribution in [1.29, 1.82) is 0 Å². The Balaban J connectivity index is 1.06. The number of aryl methyl sites for hydroxylation is 1. The molecule has 3 aliphatic rings. The van der Waals surface area contributed by atoms with Crippen LogP contribution in [0.2, 0.25) is 0 Å². The van der Waals surface area contributed by atoms with Crippen molar-refractivity contribution in [2.24, 2.45) is 11.8 Å². The number of fused-ring (bicyclic) bond motifs is 3. The van der Waals surface area contributed by atoms with Gasteiger partial charge in [0.05, 0.1) is 29.9 Å². The molecule has 10 heteroatoms. The summed E-state index contributed by atoms with van der Waals surface area (Å²) in [6.07, 6.45) is 3.05. The van der Waals surface area contributed by atoms with Crippen LogP contribution in [0.15, 0.2) is 53.2 Å². The summed E-state index contributed by atoms with van der Waals surface area (Å²) in [6.45, 7) is 2.28. The largest absolute Gasteiger partial charge is 0.573 e. The van der Waals surface area contributed by atoms with Gasteiger partial charge < -0.3 is 19.3 Å². The molecule has 0 aliphatic heterocycles. The molecule has 2 atom stereocenters. The minimum Gasteiger partial charge on any atom is -0.405 e. The number of hydrogen-bond acceptors (Lipinski definition) is 7. The van der Waals surface area contributed by atoms with Crippen LogP contribution in [0.4, 0.5) is 19.0 Å². The second-order valence-corrected chi connectivity index (χ2v) is 11.6. The summed E-state index contributed by atoms with van der Waals surface area (Å²) in [4.78, 5) is 9.45. The van der Waals surface area contributed by atoms with Gasteiger partial charge in [-0.05, 0) is 81.0 Å². The Labute approximate surface area is 235 Å². The highest BCUT2D eigenvalue weighted by Crippen LogP contribution is 2.47. The summed E-state index contributed by atoms with van der Waals surface area (Å²) in [5.74, 6) is 2.33. The molecule has 214 valence electrons. The fraction of sp³-hybridized carbons (Fsp3) is 0.452. The molecule has 4 aromatic rings. The molecule has 7 nitrogen and oxygen atoms in total. The molecule has 7 rings (SSSR count). The van der Waals surface area contributed by atoms with Crippen molar-refractivity contribution in [2.45, 2.75) is 76.5 Å². The zero-order chi connectivity index (χ0) is 28.1. The highest BCUT2D eigenvalue weighted by molar-refractivity contribution is 5.78. The SMILES string of the molecule is Cc1cccc2ncc(NC3C4CCC3CC(OCc3c(-c5ccccc5OC(F)(F)F)noc3C3CC3)C4)nc12. The normalized spacial score (nSPS) is 24.1. The average Bonchev–Trinajstić information content (AvgIpc) is 3.66. The van der Waals surface area contributed by atoms with Crippen LogP contribution in [0.5, 0.6) is 5.75 Å². The van der Waals surface area contributed by atoms with E-state index in [-0.39, 0.29) is 29.9 Å². The van der Waals surface area contributed by atoms with Crippen LogP contribution in [0.3, 0.4) is 0 Å². The molecule has 2 unspecified atom stereocenters. The number of benzene rings is 2. The number of para-hydroxylation sites is 2. The van der Waals surface area contributed by atoms with E-state index in [0.29, 0.717) is 29.3 Å². The monoisotopic (exact) mass is 564 g/mol. The molecule has 0 saturated heterocycles. The molecule has 2 bridgehead atoms. The first-order chi connectivity index (χ1) is 19.8. The average molecular weight is 565 g/mol. The molecule has 0 radical (unpaired) electrons. The lowest BCUT2D eigenvalue weighted by Gasteiger charge is -2.36. The number of ether oxygens (including phenoxy) is 2. The van der Waals surface area contributed by atoms with Crippen LogP contribution in [0.25, 0.3) is 22.3 Å². The highest BCUT2D eigenvalue weighted by atomic mass is 19.4. The van der Waals surface area contributed by atoms with Gasteiger partial charge in [0.25, 0.3) is 0 Å². The Bertz CT molecular complexity index is 1550. The third kappa shape index (κ3) is 5.37. The molecule has 3 saturated carbocycles. The Morgan fingerprint density at radius 1 is 1.00 bits per heavy atom. The van der Waals surface area contributed by atoms with Gasteiger partial charge in [0.2, 0.25) is 0 Å². The number of halogens is 3. The first-order valence-corrected chi connectivity index (χ1v) is 14.3. The summed E-state index contributed by atoms with van der Waals surface area (Å²) in [6, 6.07) is 12.4. The Morgan fingerprint density at radius 3 is 2.54 bits per heavy atom. The molecule has 2 aromatic carbocycles. The number of nitrogens with zero attached hydrogens (tertiary/aromatic N) is 3. The Hall–Kier alpha value is -3.66. The molecule has 3 fully saturated rings. The lowest BCUT2D eigenvalue weighted by Crippen LogP contribution is -2.39. The third-order valence-corrected chi connectivity index (χ3v) is 8.74. The standard InChI is InChI=1S/C31H31F3N4O3/c1-17-5-4-7-24-27(17)36-26(15-35-24)37-28-19-11-12-20(28)14-21(13-19)39-16-23-29(38-41-30(23)18-9-10-18)22-6-2-3-8-25(22)40-31(32,33)34/h2-8,15,18-21,28H,9-14,16H2,1H3,(H,36,37). The van der Waals surface area contributed by atoms with Crippen molar-refractivity contribution in [2.75, 3.05) is 5.32 Å².